The van der Waals surface area contributed by atoms with Crippen molar-refractivity contribution in [1.82, 2.24) is 10.6 Å². The van der Waals surface area contributed by atoms with Crippen molar-refractivity contribution in [1.29, 1.82) is 0 Å². The van der Waals surface area contributed by atoms with E-state index in [9.17, 15) is 0 Å². The molecule has 0 aliphatic carbocycles. The van der Waals surface area contributed by atoms with Crippen molar-refractivity contribution in [2.24, 2.45) is 4.99 Å². The summed E-state index contributed by atoms with van der Waals surface area (Å²) in [6, 6.07) is 4.26. The fraction of sp³-hybridized carbons (Fsp3) is 0.308. The normalized spacial score (nSPS) is 10.9. The number of aryl methyl sites for hydroxylation is 1. The highest BCUT2D eigenvalue weighted by atomic mass is 127. The van der Waals surface area contributed by atoms with Crippen molar-refractivity contribution < 1.29 is 0 Å². The highest BCUT2D eigenvalue weighted by molar-refractivity contribution is 14.0. The minimum absolute atomic E-state index is 0. The van der Waals surface area contributed by atoms with E-state index in [1.807, 2.05) is 0 Å². The van der Waals surface area contributed by atoms with Crippen LogP contribution in [-0.4, -0.2) is 13.0 Å². The van der Waals surface area contributed by atoms with Crippen LogP contribution in [0.25, 0.3) is 0 Å². The van der Waals surface area contributed by atoms with E-state index in [1.165, 1.54) is 16.0 Å². The lowest BCUT2D eigenvalue weighted by molar-refractivity contribution is 0.815. The van der Waals surface area contributed by atoms with Gasteiger partial charge in [-0.05, 0) is 46.3 Å². The molecule has 2 N–H and O–H groups in total. The number of nitrogens with zero attached hydrogens (tertiary/aromatic N) is 1. The Balaban J connectivity index is 0.00000180. The molecule has 0 aromatic carbocycles. The van der Waals surface area contributed by atoms with Gasteiger partial charge in [-0.1, -0.05) is 0 Å². The fourth-order valence-corrected chi connectivity index (χ4v) is 3.06. The second-order valence-corrected chi connectivity index (χ2v) is 5.72. The predicted octanol–water partition coefficient (Wildman–Crippen LogP) is 3.60. The number of hydrogen-bond donors (Lipinski definition) is 2. The van der Waals surface area contributed by atoms with Crippen molar-refractivity contribution in [2.75, 3.05) is 7.05 Å². The van der Waals surface area contributed by atoms with E-state index in [0.717, 1.165) is 19.0 Å². The van der Waals surface area contributed by atoms with Gasteiger partial charge in [0.05, 0.1) is 6.54 Å². The van der Waals surface area contributed by atoms with Gasteiger partial charge in [0, 0.05) is 18.5 Å². The van der Waals surface area contributed by atoms with Gasteiger partial charge in [0.2, 0.25) is 0 Å². The molecule has 104 valence electrons. The average molecular weight is 407 g/mol. The standard InChI is InChI=1S/C13H17N3S2.HI/c1-10-3-6-18-12(10)8-16-13(14-2)15-7-11-4-5-17-9-11;/h3-6,9H,7-8H2,1-2H3,(H2,14,15,16);1H. The monoisotopic (exact) mass is 407 g/mol. The van der Waals surface area contributed by atoms with Crippen LogP contribution in [-0.2, 0) is 13.1 Å². The van der Waals surface area contributed by atoms with Gasteiger partial charge in [-0.25, -0.2) is 0 Å². The molecule has 2 aromatic heterocycles. The summed E-state index contributed by atoms with van der Waals surface area (Å²) in [4.78, 5) is 5.57. The molecule has 0 spiro atoms. The van der Waals surface area contributed by atoms with Crippen molar-refractivity contribution in [3.8, 4) is 0 Å². The zero-order valence-corrected chi connectivity index (χ0v) is 14.9. The van der Waals surface area contributed by atoms with Gasteiger partial charge in [-0.2, -0.15) is 11.3 Å². The molecule has 3 nitrogen and oxygen atoms in total. The minimum Gasteiger partial charge on any atom is -0.352 e. The number of hydrogen-bond acceptors (Lipinski definition) is 3. The molecule has 2 rings (SSSR count). The van der Waals surface area contributed by atoms with Gasteiger partial charge >= 0.3 is 0 Å². The maximum atomic E-state index is 4.22. The molecule has 0 aliphatic rings. The van der Waals surface area contributed by atoms with Gasteiger partial charge in [0.25, 0.3) is 0 Å². The van der Waals surface area contributed by atoms with Crippen molar-refractivity contribution in [2.45, 2.75) is 20.0 Å². The molecule has 0 fully saturated rings. The third-order valence-corrected chi connectivity index (χ3v) is 4.40. The van der Waals surface area contributed by atoms with Crippen molar-refractivity contribution in [3.05, 3.63) is 44.3 Å². The van der Waals surface area contributed by atoms with E-state index in [0.29, 0.717) is 0 Å². The molecule has 0 unspecified atom stereocenters. The molecule has 2 aromatic rings. The number of nitrogens with one attached hydrogen (secondary N) is 2. The van der Waals surface area contributed by atoms with Crippen LogP contribution in [0.3, 0.4) is 0 Å². The second kappa shape index (κ2) is 8.55. The highest BCUT2D eigenvalue weighted by Gasteiger charge is 2.02. The summed E-state index contributed by atoms with van der Waals surface area (Å²) >= 11 is 3.49. The first-order valence-electron chi connectivity index (χ1n) is 5.78. The predicted molar refractivity (Wildman–Crippen MR) is 95.8 cm³/mol. The molecule has 0 saturated carbocycles. The smallest absolute Gasteiger partial charge is 0.191 e. The minimum atomic E-state index is 0. The van der Waals surface area contributed by atoms with Gasteiger partial charge in [-0.3, -0.25) is 4.99 Å². The van der Waals surface area contributed by atoms with Gasteiger partial charge in [0.1, 0.15) is 0 Å². The highest BCUT2D eigenvalue weighted by Crippen LogP contribution is 2.14. The maximum absolute atomic E-state index is 4.22. The van der Waals surface area contributed by atoms with Crippen LogP contribution in [0.1, 0.15) is 16.0 Å². The average Bonchev–Trinajstić information content (AvgIpc) is 3.01. The Hall–Kier alpha value is -0.600. The molecule has 0 aliphatic heterocycles. The summed E-state index contributed by atoms with van der Waals surface area (Å²) in [5, 5.41) is 13.0. The topological polar surface area (TPSA) is 36.4 Å². The Bertz CT molecular complexity index is 506. The molecule has 0 saturated heterocycles. The Labute approximate surface area is 139 Å². The third-order valence-electron chi connectivity index (χ3n) is 2.65. The van der Waals surface area contributed by atoms with Crippen LogP contribution < -0.4 is 10.6 Å². The quantitative estimate of drug-likeness (QED) is 0.462. The molecular weight excluding hydrogens is 389 g/mol. The largest absolute Gasteiger partial charge is 0.352 e. The molecular formula is C13H18IN3S2. The van der Waals surface area contributed by atoms with E-state index >= 15 is 0 Å². The Morgan fingerprint density at radius 2 is 2.00 bits per heavy atom. The van der Waals surface area contributed by atoms with Crippen LogP contribution in [0.2, 0.25) is 0 Å². The Kier molecular flexibility index (Phi) is 7.40. The lowest BCUT2D eigenvalue weighted by Gasteiger charge is -2.10. The first-order valence-corrected chi connectivity index (χ1v) is 7.60. The lowest BCUT2D eigenvalue weighted by atomic mass is 10.3. The van der Waals surface area contributed by atoms with Crippen LogP contribution in [0.4, 0.5) is 0 Å². The SMILES string of the molecule is CN=C(NCc1ccsc1)NCc1sccc1C.I. The van der Waals surface area contributed by atoms with Gasteiger partial charge in [0.15, 0.2) is 5.96 Å². The van der Waals surface area contributed by atoms with E-state index in [-0.39, 0.29) is 24.0 Å². The first-order chi connectivity index (χ1) is 8.79. The summed E-state index contributed by atoms with van der Waals surface area (Å²) < 4.78 is 0. The summed E-state index contributed by atoms with van der Waals surface area (Å²) in [6.45, 7) is 3.77. The molecule has 2 heterocycles. The fourth-order valence-electron chi connectivity index (χ4n) is 1.55. The van der Waals surface area contributed by atoms with E-state index in [4.69, 9.17) is 0 Å². The van der Waals surface area contributed by atoms with E-state index < -0.39 is 0 Å². The second-order valence-electron chi connectivity index (χ2n) is 3.94. The van der Waals surface area contributed by atoms with Crippen LogP contribution in [0, 0.1) is 6.92 Å². The van der Waals surface area contributed by atoms with E-state index in [1.54, 1.807) is 29.7 Å². The lowest BCUT2D eigenvalue weighted by Crippen LogP contribution is -2.36. The zero-order chi connectivity index (χ0) is 12.8. The number of rotatable bonds is 4. The first kappa shape index (κ1) is 16.5. The van der Waals surface area contributed by atoms with Crippen LogP contribution >= 0.6 is 46.7 Å². The summed E-state index contributed by atoms with van der Waals surface area (Å²) in [7, 11) is 1.80. The summed E-state index contributed by atoms with van der Waals surface area (Å²) in [5.74, 6) is 0.842. The summed E-state index contributed by atoms with van der Waals surface area (Å²) in [6.07, 6.45) is 0. The number of aliphatic imine (C=N–C) groups is 1. The van der Waals surface area contributed by atoms with Gasteiger partial charge < -0.3 is 10.6 Å². The van der Waals surface area contributed by atoms with Crippen LogP contribution in [0.15, 0.2) is 33.3 Å². The van der Waals surface area contributed by atoms with Crippen molar-refractivity contribution in [3.63, 3.8) is 0 Å². The number of halogens is 1. The molecule has 19 heavy (non-hydrogen) atoms. The maximum Gasteiger partial charge on any atom is 0.191 e. The third kappa shape index (κ3) is 5.12. The molecule has 0 radical (unpaired) electrons. The van der Waals surface area contributed by atoms with Crippen LogP contribution in [0.5, 0.6) is 0 Å². The van der Waals surface area contributed by atoms with Crippen molar-refractivity contribution >= 4 is 52.6 Å². The molecule has 0 atom stereocenters. The molecule has 6 heteroatoms. The number of thiophene rings is 2. The van der Waals surface area contributed by atoms with E-state index in [2.05, 4.69) is 50.8 Å². The number of guanidine groups is 1. The Morgan fingerprint density at radius 1 is 1.21 bits per heavy atom. The van der Waals surface area contributed by atoms with Gasteiger partial charge in [-0.15, -0.1) is 35.3 Å². The molecule has 0 bridgehead atoms. The molecule has 0 amide bonds. The Morgan fingerprint density at radius 3 is 2.58 bits per heavy atom. The zero-order valence-electron chi connectivity index (χ0n) is 11.0. The summed E-state index contributed by atoms with van der Waals surface area (Å²) in [5.41, 5.74) is 2.62.